The highest BCUT2D eigenvalue weighted by Gasteiger charge is 2.25. The Morgan fingerprint density at radius 1 is 1.11 bits per heavy atom. The number of phenols is 1. The quantitative estimate of drug-likeness (QED) is 0.785. The van der Waals surface area contributed by atoms with Crippen molar-refractivity contribution in [3.05, 3.63) is 41.5 Å². The summed E-state index contributed by atoms with van der Waals surface area (Å²) >= 11 is 0. The van der Waals surface area contributed by atoms with Crippen LogP contribution in [-0.2, 0) is 10.8 Å². The van der Waals surface area contributed by atoms with E-state index in [1.807, 2.05) is 6.07 Å². The van der Waals surface area contributed by atoms with E-state index in [9.17, 15) is 5.11 Å². The fourth-order valence-electron chi connectivity index (χ4n) is 2.04. The molecule has 19 heavy (non-hydrogen) atoms. The van der Waals surface area contributed by atoms with E-state index < -0.39 is 0 Å². The average Bonchev–Trinajstić information content (AvgIpc) is 2.25. The Hall–Kier alpha value is -1.28. The molecule has 3 N–H and O–H groups in total. The van der Waals surface area contributed by atoms with Gasteiger partial charge in [0.05, 0.1) is 6.04 Å². The van der Waals surface area contributed by atoms with Crippen LogP contribution in [0.1, 0.15) is 64.3 Å². The molecule has 0 heterocycles. The molecule has 0 aliphatic heterocycles. The molecule has 106 valence electrons. The molecule has 0 spiro atoms. The first kappa shape index (κ1) is 15.8. The van der Waals surface area contributed by atoms with Crippen molar-refractivity contribution in [1.29, 1.82) is 0 Å². The van der Waals surface area contributed by atoms with E-state index in [2.05, 4.69) is 54.2 Å². The van der Waals surface area contributed by atoms with Crippen LogP contribution >= 0.6 is 0 Å². The molecule has 0 saturated carbocycles. The zero-order chi connectivity index (χ0) is 15.0. The standard InChI is InChI=1S/C17H27NO/c1-8-14(18)12-9-11(16(2,3)4)10-13(15(12)19)17(5,6)7/h8-10,14,19H,1,18H2,2-7H3/t14-/m0/s1. The number of hydrogen-bond acceptors (Lipinski definition) is 2. The first-order chi connectivity index (χ1) is 8.48. The van der Waals surface area contributed by atoms with E-state index >= 15 is 0 Å². The Morgan fingerprint density at radius 2 is 1.63 bits per heavy atom. The molecule has 0 aromatic heterocycles. The topological polar surface area (TPSA) is 46.2 Å². The number of benzene rings is 1. The number of nitrogens with two attached hydrogens (primary N) is 1. The minimum absolute atomic E-state index is 0.0172. The minimum Gasteiger partial charge on any atom is -0.507 e. The molecule has 1 aromatic rings. The molecule has 2 heteroatoms. The maximum Gasteiger partial charge on any atom is 0.124 e. The normalized spacial score (nSPS) is 14.3. The second-order valence-corrected chi connectivity index (χ2v) is 7.22. The minimum atomic E-state index is -0.344. The van der Waals surface area contributed by atoms with Gasteiger partial charge in [-0.3, -0.25) is 0 Å². The van der Waals surface area contributed by atoms with E-state index in [-0.39, 0.29) is 16.9 Å². The van der Waals surface area contributed by atoms with Gasteiger partial charge >= 0.3 is 0 Å². The summed E-state index contributed by atoms with van der Waals surface area (Å²) in [7, 11) is 0. The van der Waals surface area contributed by atoms with Gasteiger partial charge in [0.2, 0.25) is 0 Å². The van der Waals surface area contributed by atoms with E-state index in [1.165, 1.54) is 5.56 Å². The van der Waals surface area contributed by atoms with Crippen LogP contribution in [0.3, 0.4) is 0 Å². The van der Waals surface area contributed by atoms with Crippen LogP contribution in [-0.4, -0.2) is 5.11 Å². The number of aromatic hydroxyl groups is 1. The van der Waals surface area contributed by atoms with Crippen molar-refractivity contribution in [3.8, 4) is 5.75 Å². The largest absolute Gasteiger partial charge is 0.507 e. The Labute approximate surface area is 117 Å². The molecule has 0 saturated heterocycles. The smallest absolute Gasteiger partial charge is 0.124 e. The van der Waals surface area contributed by atoms with Crippen molar-refractivity contribution in [2.75, 3.05) is 0 Å². The molecule has 2 nitrogen and oxygen atoms in total. The first-order valence-corrected chi connectivity index (χ1v) is 6.74. The summed E-state index contributed by atoms with van der Waals surface area (Å²) in [6, 6.07) is 3.74. The highest BCUT2D eigenvalue weighted by Crippen LogP contribution is 2.39. The lowest BCUT2D eigenvalue weighted by molar-refractivity contribution is 0.436. The van der Waals surface area contributed by atoms with Crippen LogP contribution in [0.2, 0.25) is 0 Å². The van der Waals surface area contributed by atoms with Gasteiger partial charge in [-0.2, -0.15) is 0 Å². The lowest BCUT2D eigenvalue weighted by Crippen LogP contribution is -2.19. The van der Waals surface area contributed by atoms with Crippen LogP contribution < -0.4 is 5.73 Å². The molecule has 1 rings (SSSR count). The summed E-state index contributed by atoms with van der Waals surface area (Å²) in [5.74, 6) is 0.299. The van der Waals surface area contributed by atoms with Crippen molar-refractivity contribution >= 4 is 0 Å². The third kappa shape index (κ3) is 3.38. The van der Waals surface area contributed by atoms with Gasteiger partial charge < -0.3 is 10.8 Å². The number of phenolic OH excluding ortho intramolecular Hbond substituents is 1. The van der Waals surface area contributed by atoms with Crippen molar-refractivity contribution < 1.29 is 5.11 Å². The third-order valence-corrected chi connectivity index (χ3v) is 3.43. The van der Waals surface area contributed by atoms with E-state index in [4.69, 9.17) is 5.73 Å². The maximum atomic E-state index is 10.5. The number of hydrogen-bond donors (Lipinski definition) is 2. The van der Waals surface area contributed by atoms with Crippen LogP contribution in [0.5, 0.6) is 5.75 Å². The van der Waals surface area contributed by atoms with Gasteiger partial charge in [0, 0.05) is 5.56 Å². The molecule has 1 aromatic carbocycles. The zero-order valence-electron chi connectivity index (χ0n) is 13.0. The summed E-state index contributed by atoms with van der Waals surface area (Å²) < 4.78 is 0. The summed E-state index contributed by atoms with van der Waals surface area (Å²) in [5, 5.41) is 10.5. The van der Waals surface area contributed by atoms with Crippen LogP contribution in [0, 0.1) is 0 Å². The summed E-state index contributed by atoms with van der Waals surface area (Å²) in [4.78, 5) is 0. The second kappa shape index (κ2) is 5.01. The fourth-order valence-corrected chi connectivity index (χ4v) is 2.04. The molecule has 0 unspecified atom stereocenters. The summed E-state index contributed by atoms with van der Waals surface area (Å²) in [6.45, 7) is 16.5. The fraction of sp³-hybridized carbons (Fsp3) is 0.529. The van der Waals surface area contributed by atoms with Crippen LogP contribution in [0.4, 0.5) is 0 Å². The van der Waals surface area contributed by atoms with Gasteiger partial charge in [-0.15, -0.1) is 6.58 Å². The van der Waals surface area contributed by atoms with Crippen molar-refractivity contribution in [3.63, 3.8) is 0 Å². The highest BCUT2D eigenvalue weighted by molar-refractivity contribution is 5.50. The van der Waals surface area contributed by atoms with Gasteiger partial charge in [0.1, 0.15) is 5.75 Å². The van der Waals surface area contributed by atoms with Gasteiger partial charge in [-0.05, 0) is 28.0 Å². The molecule has 0 aliphatic carbocycles. The Bertz CT molecular complexity index is 475. The summed E-state index contributed by atoms with van der Waals surface area (Å²) in [5.41, 5.74) is 8.81. The Morgan fingerprint density at radius 3 is 2.00 bits per heavy atom. The predicted molar refractivity (Wildman–Crippen MR) is 82.6 cm³/mol. The molecule has 0 radical (unpaired) electrons. The van der Waals surface area contributed by atoms with Crippen LogP contribution in [0.25, 0.3) is 0 Å². The van der Waals surface area contributed by atoms with E-state index in [0.29, 0.717) is 5.75 Å². The Balaban J connectivity index is 3.61. The van der Waals surface area contributed by atoms with Crippen LogP contribution in [0.15, 0.2) is 24.8 Å². The lowest BCUT2D eigenvalue weighted by Gasteiger charge is -2.28. The molecular weight excluding hydrogens is 234 g/mol. The lowest BCUT2D eigenvalue weighted by atomic mass is 9.78. The van der Waals surface area contributed by atoms with Crippen molar-refractivity contribution in [2.45, 2.75) is 58.4 Å². The van der Waals surface area contributed by atoms with Gasteiger partial charge in [0.25, 0.3) is 0 Å². The zero-order valence-corrected chi connectivity index (χ0v) is 13.0. The molecular formula is C17H27NO. The van der Waals surface area contributed by atoms with Gasteiger partial charge in [-0.1, -0.05) is 53.7 Å². The van der Waals surface area contributed by atoms with Crippen molar-refractivity contribution in [1.82, 2.24) is 0 Å². The highest BCUT2D eigenvalue weighted by atomic mass is 16.3. The van der Waals surface area contributed by atoms with Gasteiger partial charge in [0.15, 0.2) is 0 Å². The van der Waals surface area contributed by atoms with E-state index in [1.54, 1.807) is 6.08 Å². The van der Waals surface area contributed by atoms with Crippen molar-refractivity contribution in [2.24, 2.45) is 5.73 Å². The Kier molecular flexibility index (Phi) is 4.16. The molecule has 1 atom stereocenters. The predicted octanol–water partition coefficient (Wildman–Crippen LogP) is 4.17. The maximum absolute atomic E-state index is 10.5. The second-order valence-electron chi connectivity index (χ2n) is 7.22. The molecule has 0 amide bonds. The molecule has 0 bridgehead atoms. The summed E-state index contributed by atoms with van der Waals surface area (Å²) in [6.07, 6.45) is 1.66. The third-order valence-electron chi connectivity index (χ3n) is 3.43. The molecule has 0 fully saturated rings. The molecule has 0 aliphatic rings. The first-order valence-electron chi connectivity index (χ1n) is 6.74. The SMILES string of the molecule is C=C[C@H](N)c1cc(C(C)(C)C)cc(C(C)(C)C)c1O. The number of rotatable bonds is 2. The van der Waals surface area contributed by atoms with Gasteiger partial charge in [-0.25, -0.2) is 0 Å². The van der Waals surface area contributed by atoms with E-state index in [0.717, 1.165) is 11.1 Å². The average molecular weight is 261 g/mol. The monoisotopic (exact) mass is 261 g/mol.